The monoisotopic (exact) mass is 246 g/mol. The second-order valence-electron chi connectivity index (χ2n) is 5.67. The highest BCUT2D eigenvalue weighted by molar-refractivity contribution is 5.18. The molecule has 1 fully saturated rings. The fraction of sp³-hybridized carbons (Fsp3) is 0.625. The van der Waals surface area contributed by atoms with Crippen LogP contribution in [0.3, 0.4) is 0 Å². The van der Waals surface area contributed by atoms with Gasteiger partial charge < -0.3 is 11.1 Å². The first-order valence-corrected chi connectivity index (χ1v) is 7.28. The zero-order valence-electron chi connectivity index (χ0n) is 11.4. The van der Waals surface area contributed by atoms with Crippen LogP contribution in [-0.4, -0.2) is 19.1 Å². The van der Waals surface area contributed by atoms with E-state index in [0.717, 1.165) is 25.4 Å². The van der Waals surface area contributed by atoms with Gasteiger partial charge in [0.05, 0.1) is 0 Å². The summed E-state index contributed by atoms with van der Waals surface area (Å²) >= 11 is 0. The molecule has 0 radical (unpaired) electrons. The first kappa shape index (κ1) is 13.6. The first-order valence-electron chi connectivity index (χ1n) is 7.28. The third kappa shape index (κ3) is 4.43. The second-order valence-corrected chi connectivity index (χ2v) is 5.67. The fourth-order valence-corrected chi connectivity index (χ4v) is 2.51. The number of nitrogens with one attached hydrogen (secondary N) is 1. The molecular weight excluding hydrogens is 220 g/mol. The molecule has 0 spiro atoms. The van der Waals surface area contributed by atoms with Crippen molar-refractivity contribution in [2.45, 2.75) is 44.6 Å². The van der Waals surface area contributed by atoms with Gasteiger partial charge in [-0.05, 0) is 36.8 Å². The van der Waals surface area contributed by atoms with Crippen molar-refractivity contribution >= 4 is 0 Å². The molecule has 2 nitrogen and oxygen atoms in total. The summed E-state index contributed by atoms with van der Waals surface area (Å²) in [6.07, 6.45) is 5.34. The van der Waals surface area contributed by atoms with E-state index >= 15 is 0 Å². The van der Waals surface area contributed by atoms with E-state index in [1.807, 2.05) is 0 Å². The number of rotatable bonds is 8. The molecule has 0 bridgehead atoms. The van der Waals surface area contributed by atoms with E-state index in [1.165, 1.54) is 24.8 Å². The maximum absolute atomic E-state index is 5.87. The molecule has 0 saturated heterocycles. The van der Waals surface area contributed by atoms with Crippen molar-refractivity contribution in [3.8, 4) is 0 Å². The van der Waals surface area contributed by atoms with Crippen molar-refractivity contribution in [2.24, 2.45) is 11.7 Å². The van der Waals surface area contributed by atoms with Crippen LogP contribution >= 0.6 is 0 Å². The molecule has 1 aliphatic carbocycles. The van der Waals surface area contributed by atoms with E-state index in [1.54, 1.807) is 0 Å². The Labute approximate surface area is 111 Å². The highest BCUT2D eigenvalue weighted by Crippen LogP contribution is 2.31. The number of benzene rings is 1. The Hall–Kier alpha value is -0.860. The van der Waals surface area contributed by atoms with Gasteiger partial charge in [0.25, 0.3) is 0 Å². The van der Waals surface area contributed by atoms with Gasteiger partial charge in [-0.1, -0.05) is 50.1 Å². The summed E-state index contributed by atoms with van der Waals surface area (Å²) in [5.74, 6) is 1.58. The van der Waals surface area contributed by atoms with Crippen molar-refractivity contribution in [3.05, 3.63) is 35.9 Å². The predicted octanol–water partition coefficient (Wildman–Crippen LogP) is 2.90. The average molecular weight is 246 g/mol. The van der Waals surface area contributed by atoms with E-state index in [4.69, 9.17) is 5.73 Å². The van der Waals surface area contributed by atoms with Crippen LogP contribution in [0.5, 0.6) is 0 Å². The van der Waals surface area contributed by atoms with Gasteiger partial charge in [-0.15, -0.1) is 0 Å². The van der Waals surface area contributed by atoms with Gasteiger partial charge in [-0.3, -0.25) is 0 Å². The molecule has 2 heteroatoms. The molecule has 1 saturated carbocycles. The van der Waals surface area contributed by atoms with E-state index in [0.29, 0.717) is 12.0 Å². The topological polar surface area (TPSA) is 38.0 Å². The number of nitrogens with two attached hydrogens (primary N) is 1. The zero-order valence-corrected chi connectivity index (χ0v) is 11.4. The van der Waals surface area contributed by atoms with Crippen LogP contribution in [0.25, 0.3) is 0 Å². The van der Waals surface area contributed by atoms with Gasteiger partial charge >= 0.3 is 0 Å². The summed E-state index contributed by atoms with van der Waals surface area (Å²) in [6, 6.07) is 11.2. The Kier molecular flexibility index (Phi) is 5.21. The summed E-state index contributed by atoms with van der Waals surface area (Å²) < 4.78 is 0. The molecule has 0 aromatic heterocycles. The Morgan fingerprint density at radius 1 is 1.28 bits per heavy atom. The van der Waals surface area contributed by atoms with E-state index in [-0.39, 0.29) is 0 Å². The van der Waals surface area contributed by atoms with Crippen LogP contribution in [0.15, 0.2) is 30.3 Å². The largest absolute Gasteiger partial charge is 0.329 e. The lowest BCUT2D eigenvalue weighted by atomic mass is 9.94. The van der Waals surface area contributed by atoms with Crippen molar-refractivity contribution in [1.29, 1.82) is 0 Å². The Morgan fingerprint density at radius 3 is 2.61 bits per heavy atom. The summed E-state index contributed by atoms with van der Waals surface area (Å²) in [7, 11) is 0. The van der Waals surface area contributed by atoms with Crippen molar-refractivity contribution in [1.82, 2.24) is 5.32 Å². The van der Waals surface area contributed by atoms with Crippen molar-refractivity contribution < 1.29 is 0 Å². The Bertz CT molecular complexity index is 332. The number of hydrogen-bond donors (Lipinski definition) is 2. The van der Waals surface area contributed by atoms with Crippen LogP contribution in [0.4, 0.5) is 0 Å². The minimum absolute atomic E-state index is 0.457. The molecule has 0 heterocycles. The quantitative estimate of drug-likeness (QED) is 0.740. The van der Waals surface area contributed by atoms with Crippen molar-refractivity contribution in [2.75, 3.05) is 13.1 Å². The summed E-state index contributed by atoms with van der Waals surface area (Å²) in [5, 5.41) is 3.62. The van der Waals surface area contributed by atoms with Crippen LogP contribution < -0.4 is 11.1 Å². The van der Waals surface area contributed by atoms with Gasteiger partial charge in [-0.2, -0.15) is 0 Å². The highest BCUT2D eigenvalue weighted by atomic mass is 14.9. The zero-order chi connectivity index (χ0) is 12.8. The van der Waals surface area contributed by atoms with Crippen molar-refractivity contribution in [3.63, 3.8) is 0 Å². The van der Waals surface area contributed by atoms with Gasteiger partial charge in [-0.25, -0.2) is 0 Å². The maximum atomic E-state index is 5.87. The van der Waals surface area contributed by atoms with E-state index < -0.39 is 0 Å². The van der Waals surface area contributed by atoms with Crippen LogP contribution in [0.1, 0.15) is 44.1 Å². The number of hydrogen-bond acceptors (Lipinski definition) is 2. The summed E-state index contributed by atoms with van der Waals surface area (Å²) in [5.41, 5.74) is 7.29. The second kappa shape index (κ2) is 6.91. The maximum Gasteiger partial charge on any atom is 0.0195 e. The molecule has 2 rings (SSSR count). The summed E-state index contributed by atoms with van der Waals surface area (Å²) in [6.45, 7) is 4.16. The SMILES string of the molecule is CC(CC(CN)NCCC1CC1)c1ccccc1. The van der Waals surface area contributed by atoms with Crippen LogP contribution in [0, 0.1) is 5.92 Å². The third-order valence-corrected chi connectivity index (χ3v) is 3.97. The first-order chi connectivity index (χ1) is 8.79. The van der Waals surface area contributed by atoms with E-state index in [9.17, 15) is 0 Å². The van der Waals surface area contributed by atoms with E-state index in [2.05, 4.69) is 42.6 Å². The van der Waals surface area contributed by atoms with Gasteiger partial charge in [0.15, 0.2) is 0 Å². The molecule has 1 aromatic carbocycles. The van der Waals surface area contributed by atoms with Crippen LogP contribution in [-0.2, 0) is 0 Å². The van der Waals surface area contributed by atoms with Gasteiger partial charge in [0.2, 0.25) is 0 Å². The molecule has 0 aliphatic heterocycles. The highest BCUT2D eigenvalue weighted by Gasteiger charge is 2.21. The molecule has 2 unspecified atom stereocenters. The molecule has 1 aliphatic rings. The molecule has 1 aromatic rings. The summed E-state index contributed by atoms with van der Waals surface area (Å²) in [4.78, 5) is 0. The van der Waals surface area contributed by atoms with Gasteiger partial charge in [0.1, 0.15) is 0 Å². The minimum Gasteiger partial charge on any atom is -0.329 e. The molecule has 100 valence electrons. The average Bonchev–Trinajstić information content (AvgIpc) is 3.22. The Balaban J connectivity index is 1.74. The van der Waals surface area contributed by atoms with Crippen LogP contribution in [0.2, 0.25) is 0 Å². The Morgan fingerprint density at radius 2 is 2.00 bits per heavy atom. The molecule has 3 N–H and O–H groups in total. The predicted molar refractivity (Wildman–Crippen MR) is 77.7 cm³/mol. The smallest absolute Gasteiger partial charge is 0.0195 e. The lowest BCUT2D eigenvalue weighted by Gasteiger charge is -2.21. The molecular formula is C16H26N2. The third-order valence-electron chi connectivity index (χ3n) is 3.97. The lowest BCUT2D eigenvalue weighted by molar-refractivity contribution is 0.446. The normalized spacial score (nSPS) is 18.6. The minimum atomic E-state index is 0.457. The molecule has 0 amide bonds. The standard InChI is InChI=1S/C16H26N2/c1-13(15-5-3-2-4-6-15)11-16(12-17)18-10-9-14-7-8-14/h2-6,13-14,16,18H,7-12,17H2,1H3. The molecule has 2 atom stereocenters. The van der Waals surface area contributed by atoms with Gasteiger partial charge in [0, 0.05) is 12.6 Å². The molecule has 18 heavy (non-hydrogen) atoms. The fourth-order valence-electron chi connectivity index (χ4n) is 2.51. The lowest BCUT2D eigenvalue weighted by Crippen LogP contribution is -2.37.